The number of phenols is 2. The Bertz CT molecular complexity index is 1240. The lowest BCUT2D eigenvalue weighted by Gasteiger charge is -2.29. The van der Waals surface area contributed by atoms with E-state index in [0.29, 0.717) is 27.5 Å². The fraction of sp³-hybridized carbons (Fsp3) is 0.115. The number of ketones is 1. The second-order valence-electron chi connectivity index (χ2n) is 7.46. The summed E-state index contributed by atoms with van der Waals surface area (Å²) in [5.41, 5.74) is 4.56. The third kappa shape index (κ3) is 2.47. The van der Waals surface area contributed by atoms with E-state index < -0.39 is 0 Å². The van der Waals surface area contributed by atoms with Gasteiger partial charge < -0.3 is 10.2 Å². The van der Waals surface area contributed by atoms with Crippen LogP contribution in [0.25, 0.3) is 10.8 Å². The van der Waals surface area contributed by atoms with E-state index in [-0.39, 0.29) is 23.2 Å². The van der Waals surface area contributed by atoms with Crippen molar-refractivity contribution in [2.45, 2.75) is 19.3 Å². The Labute approximate surface area is 168 Å². The van der Waals surface area contributed by atoms with Gasteiger partial charge in [-0.05, 0) is 29.2 Å². The molecular weight excluding hydrogens is 360 g/mol. The number of phenolic OH excluding ortho intramolecular Hbond substituents is 2. The monoisotopic (exact) mass is 380 g/mol. The topological polar surface area (TPSA) is 57.5 Å². The van der Waals surface area contributed by atoms with Gasteiger partial charge >= 0.3 is 0 Å². The molecule has 0 spiro atoms. The maximum absolute atomic E-state index is 13.0. The zero-order valence-corrected chi connectivity index (χ0v) is 16.0. The minimum atomic E-state index is -0.333. The second kappa shape index (κ2) is 6.49. The van der Waals surface area contributed by atoms with Gasteiger partial charge in [0.15, 0.2) is 5.78 Å². The molecule has 0 bridgehead atoms. The zero-order chi connectivity index (χ0) is 20.1. The number of hydrogen-bond acceptors (Lipinski definition) is 3. The van der Waals surface area contributed by atoms with Gasteiger partial charge in [-0.15, -0.1) is 0 Å². The van der Waals surface area contributed by atoms with E-state index in [1.165, 1.54) is 0 Å². The van der Waals surface area contributed by atoms with Gasteiger partial charge in [-0.3, -0.25) is 4.79 Å². The molecule has 142 valence electrons. The van der Waals surface area contributed by atoms with E-state index >= 15 is 0 Å². The summed E-state index contributed by atoms with van der Waals surface area (Å²) in [6.07, 6.45) is 0.757. The number of benzene rings is 4. The van der Waals surface area contributed by atoms with Crippen LogP contribution in [-0.4, -0.2) is 16.0 Å². The van der Waals surface area contributed by atoms with E-state index in [1.54, 1.807) is 6.07 Å². The van der Waals surface area contributed by atoms with Gasteiger partial charge in [0, 0.05) is 33.4 Å². The molecule has 0 atom stereocenters. The van der Waals surface area contributed by atoms with Gasteiger partial charge in [0.25, 0.3) is 0 Å². The number of hydrogen-bond donors (Lipinski definition) is 2. The van der Waals surface area contributed by atoms with Crippen LogP contribution in [0.1, 0.15) is 51.0 Å². The third-order valence-electron chi connectivity index (χ3n) is 5.95. The van der Waals surface area contributed by atoms with Gasteiger partial charge in [-0.1, -0.05) is 73.7 Å². The fourth-order valence-corrected chi connectivity index (χ4v) is 4.62. The van der Waals surface area contributed by atoms with Crippen LogP contribution >= 0.6 is 0 Å². The molecule has 1 aliphatic carbocycles. The molecule has 4 aromatic carbocycles. The molecule has 0 amide bonds. The molecule has 0 saturated heterocycles. The van der Waals surface area contributed by atoms with E-state index in [1.807, 2.05) is 73.7 Å². The first kappa shape index (κ1) is 17.5. The van der Waals surface area contributed by atoms with Crippen LogP contribution in [0.2, 0.25) is 0 Å². The highest BCUT2D eigenvalue weighted by atomic mass is 16.3. The van der Waals surface area contributed by atoms with Crippen molar-refractivity contribution in [1.29, 1.82) is 0 Å². The van der Waals surface area contributed by atoms with Crippen molar-refractivity contribution < 1.29 is 15.0 Å². The van der Waals surface area contributed by atoms with E-state index in [4.69, 9.17) is 0 Å². The van der Waals surface area contributed by atoms with Crippen molar-refractivity contribution in [3.8, 4) is 11.5 Å². The summed E-state index contributed by atoms with van der Waals surface area (Å²) in [5, 5.41) is 23.5. The summed E-state index contributed by atoms with van der Waals surface area (Å²) in [7, 11) is 0. The molecule has 0 aliphatic heterocycles. The average molecular weight is 380 g/mol. The lowest BCUT2D eigenvalue weighted by atomic mass is 9.73. The normalized spacial score (nSPS) is 13.3. The van der Waals surface area contributed by atoms with Crippen LogP contribution in [-0.2, 0) is 6.42 Å². The number of aryl methyl sites for hydroxylation is 1. The molecule has 5 rings (SSSR count). The molecule has 0 aromatic heterocycles. The zero-order valence-electron chi connectivity index (χ0n) is 16.0. The lowest BCUT2D eigenvalue weighted by Crippen LogP contribution is -2.20. The molecule has 0 unspecified atom stereocenters. The molecule has 29 heavy (non-hydrogen) atoms. The number of carbonyl (C=O) groups is 1. The Morgan fingerprint density at radius 3 is 2.03 bits per heavy atom. The number of aromatic hydroxyl groups is 2. The van der Waals surface area contributed by atoms with Crippen LogP contribution < -0.4 is 0 Å². The molecule has 2 N–H and O–H groups in total. The van der Waals surface area contributed by atoms with E-state index in [0.717, 1.165) is 23.1 Å². The standard InChI is InChI=1S/C26H20O3/c1-2-15-8-7-13-20-23(15)22(27)14-21(26(20)29)24-16-9-3-5-11-18(16)25(28)19-12-6-4-10-17(19)24/h3-14,24,27,29H,2H2,1H3. The average Bonchev–Trinajstić information content (AvgIpc) is 2.76. The summed E-state index contributed by atoms with van der Waals surface area (Å²) in [6.45, 7) is 2.03. The molecule has 3 nitrogen and oxygen atoms in total. The molecule has 1 aliphatic rings. The van der Waals surface area contributed by atoms with Crippen LogP contribution in [0.4, 0.5) is 0 Å². The molecule has 3 heteroatoms. The third-order valence-corrected chi connectivity index (χ3v) is 5.95. The quantitative estimate of drug-likeness (QED) is 0.396. The van der Waals surface area contributed by atoms with Gasteiger partial charge in [-0.2, -0.15) is 0 Å². The molecule has 4 aromatic rings. The van der Waals surface area contributed by atoms with Gasteiger partial charge in [0.2, 0.25) is 0 Å². The summed E-state index contributed by atoms with van der Waals surface area (Å²) >= 11 is 0. The molecule has 0 fully saturated rings. The van der Waals surface area contributed by atoms with Crippen molar-refractivity contribution in [3.63, 3.8) is 0 Å². The fourth-order valence-electron chi connectivity index (χ4n) is 4.62. The van der Waals surface area contributed by atoms with Gasteiger partial charge in [0.1, 0.15) is 11.5 Å². The maximum atomic E-state index is 13.0. The highest BCUT2D eigenvalue weighted by Gasteiger charge is 2.33. The smallest absolute Gasteiger partial charge is 0.193 e. The van der Waals surface area contributed by atoms with Crippen molar-refractivity contribution >= 4 is 16.6 Å². The maximum Gasteiger partial charge on any atom is 0.193 e. The number of rotatable bonds is 2. The first-order chi connectivity index (χ1) is 14.1. The van der Waals surface area contributed by atoms with E-state index in [2.05, 4.69) is 0 Å². The summed E-state index contributed by atoms with van der Waals surface area (Å²) in [4.78, 5) is 13.0. The first-order valence-corrected chi connectivity index (χ1v) is 9.80. The van der Waals surface area contributed by atoms with Gasteiger partial charge in [-0.25, -0.2) is 0 Å². The predicted octanol–water partition coefficient (Wildman–Crippen LogP) is 5.54. The van der Waals surface area contributed by atoms with Crippen LogP contribution in [0, 0.1) is 0 Å². The molecule has 0 heterocycles. The Morgan fingerprint density at radius 1 is 0.793 bits per heavy atom. The van der Waals surface area contributed by atoms with Crippen LogP contribution in [0.5, 0.6) is 11.5 Å². The van der Waals surface area contributed by atoms with E-state index in [9.17, 15) is 15.0 Å². The van der Waals surface area contributed by atoms with Crippen LogP contribution in [0.3, 0.4) is 0 Å². The van der Waals surface area contributed by atoms with Gasteiger partial charge in [0.05, 0.1) is 0 Å². The number of carbonyl (C=O) groups excluding carboxylic acids is 1. The molecule has 0 saturated carbocycles. The predicted molar refractivity (Wildman–Crippen MR) is 114 cm³/mol. The minimum absolute atomic E-state index is 0.00906. The summed E-state index contributed by atoms with van der Waals surface area (Å²) in [6, 6.07) is 22.4. The minimum Gasteiger partial charge on any atom is -0.507 e. The molecular formula is C26H20O3. The van der Waals surface area contributed by atoms with Crippen LogP contribution in [0.15, 0.2) is 72.8 Å². The number of fused-ring (bicyclic) bond motifs is 3. The van der Waals surface area contributed by atoms with Crippen molar-refractivity contribution in [2.24, 2.45) is 0 Å². The Balaban J connectivity index is 1.86. The highest BCUT2D eigenvalue weighted by Crippen LogP contribution is 2.48. The SMILES string of the molecule is CCc1cccc2c(O)c(C3c4ccccc4C(=O)c4ccccc43)cc(O)c12. The molecule has 0 radical (unpaired) electrons. The summed E-state index contributed by atoms with van der Waals surface area (Å²) < 4.78 is 0. The highest BCUT2D eigenvalue weighted by molar-refractivity contribution is 6.13. The van der Waals surface area contributed by atoms with Crippen molar-refractivity contribution in [1.82, 2.24) is 0 Å². The van der Waals surface area contributed by atoms with Crippen molar-refractivity contribution in [3.05, 3.63) is 106 Å². The Kier molecular flexibility index (Phi) is 3.92. The Morgan fingerprint density at radius 2 is 1.41 bits per heavy atom. The Hall–Kier alpha value is -3.59. The summed E-state index contributed by atoms with van der Waals surface area (Å²) in [5.74, 6) is -0.0416. The van der Waals surface area contributed by atoms with Crippen molar-refractivity contribution in [2.75, 3.05) is 0 Å². The lowest BCUT2D eigenvalue weighted by molar-refractivity contribution is 0.103. The largest absolute Gasteiger partial charge is 0.507 e. The first-order valence-electron chi connectivity index (χ1n) is 9.80. The second-order valence-corrected chi connectivity index (χ2v) is 7.46.